The maximum Gasteiger partial charge on any atom is 0.240 e. The van der Waals surface area contributed by atoms with Crippen molar-refractivity contribution in [2.45, 2.75) is 43.6 Å². The quantitative estimate of drug-likeness (QED) is 0.823. The molecule has 0 saturated carbocycles. The Hall–Kier alpha value is -1.16. The van der Waals surface area contributed by atoms with E-state index in [-0.39, 0.29) is 23.3 Å². The molecule has 1 N–H and O–H groups in total. The molecule has 2 fully saturated rings. The lowest BCUT2D eigenvalue weighted by Crippen LogP contribution is -2.38. The number of nitrogens with zero attached hydrogens (tertiary/aromatic N) is 1. The third kappa shape index (κ3) is 4.16. The largest absolute Gasteiger partial charge is 0.377 e. The summed E-state index contributed by atoms with van der Waals surface area (Å²) in [5.41, 5.74) is 1.05. The zero-order chi connectivity index (χ0) is 18.1. The van der Waals surface area contributed by atoms with Crippen molar-refractivity contribution in [1.29, 1.82) is 0 Å². The molecule has 2 heterocycles. The van der Waals surface area contributed by atoms with Gasteiger partial charge in [0.05, 0.1) is 22.4 Å². The van der Waals surface area contributed by atoms with Crippen LogP contribution < -0.4 is 9.03 Å². The molecule has 2 saturated heterocycles. The van der Waals surface area contributed by atoms with E-state index in [1.165, 1.54) is 10.4 Å². The molecule has 2 aliphatic rings. The van der Waals surface area contributed by atoms with E-state index >= 15 is 0 Å². The second-order valence-corrected chi connectivity index (χ2v) is 10.3. The average Bonchev–Trinajstić information content (AvgIpc) is 3.06. The lowest BCUT2D eigenvalue weighted by Gasteiger charge is -2.28. The molecule has 1 aromatic carbocycles. The number of nitrogens with one attached hydrogen (secondary N) is 1. The first-order valence-corrected chi connectivity index (χ1v) is 11.6. The molecule has 0 bridgehead atoms. The van der Waals surface area contributed by atoms with E-state index in [1.54, 1.807) is 19.1 Å². The predicted molar refractivity (Wildman–Crippen MR) is 95.7 cm³/mol. The van der Waals surface area contributed by atoms with Gasteiger partial charge in [-0.2, -0.15) is 0 Å². The van der Waals surface area contributed by atoms with Crippen molar-refractivity contribution in [3.8, 4) is 0 Å². The second-order valence-electron chi connectivity index (χ2n) is 6.53. The summed E-state index contributed by atoms with van der Waals surface area (Å²) in [6, 6.07) is 4.67. The summed E-state index contributed by atoms with van der Waals surface area (Å²) in [5.74, 6) is 0.134. The minimum absolute atomic E-state index is 0.0761. The molecule has 3 rings (SSSR count). The summed E-state index contributed by atoms with van der Waals surface area (Å²) < 4.78 is 58.9. The number of sulfonamides is 2. The van der Waals surface area contributed by atoms with Crippen LogP contribution in [-0.2, 0) is 24.8 Å². The van der Waals surface area contributed by atoms with Crippen LogP contribution in [0.3, 0.4) is 0 Å². The van der Waals surface area contributed by atoms with E-state index in [2.05, 4.69) is 4.72 Å². The maximum absolute atomic E-state index is 12.5. The van der Waals surface area contributed by atoms with E-state index in [0.717, 1.165) is 19.3 Å². The third-order valence-corrected chi connectivity index (χ3v) is 8.06. The fourth-order valence-corrected chi connectivity index (χ4v) is 6.18. The number of anilines is 1. The Morgan fingerprint density at radius 1 is 1.28 bits per heavy atom. The van der Waals surface area contributed by atoms with Crippen molar-refractivity contribution in [3.05, 3.63) is 23.8 Å². The van der Waals surface area contributed by atoms with E-state index in [9.17, 15) is 16.8 Å². The molecule has 0 aromatic heterocycles. The Labute approximate surface area is 149 Å². The van der Waals surface area contributed by atoms with Gasteiger partial charge in [-0.25, -0.2) is 21.6 Å². The molecule has 0 radical (unpaired) electrons. The first-order valence-electron chi connectivity index (χ1n) is 8.52. The summed E-state index contributed by atoms with van der Waals surface area (Å²) in [5, 5.41) is 0. The molecule has 140 valence electrons. The molecule has 2 aliphatic heterocycles. The number of aryl methyl sites for hydroxylation is 1. The summed E-state index contributed by atoms with van der Waals surface area (Å²) >= 11 is 0. The van der Waals surface area contributed by atoms with E-state index in [4.69, 9.17) is 4.74 Å². The van der Waals surface area contributed by atoms with Crippen LogP contribution in [0.2, 0.25) is 0 Å². The standard InChI is InChI=1S/C16H24N2O5S2/c1-13-11-14(18-8-2-3-10-24(18,19)20)6-7-16(13)25(21,22)17-12-15-5-4-9-23-15/h6-7,11,15,17H,2-5,8-10,12H2,1H3. The van der Waals surface area contributed by atoms with Crippen molar-refractivity contribution in [1.82, 2.24) is 4.72 Å². The lowest BCUT2D eigenvalue weighted by atomic mass is 10.2. The van der Waals surface area contributed by atoms with Gasteiger partial charge in [0, 0.05) is 19.7 Å². The number of ether oxygens (including phenoxy) is 1. The van der Waals surface area contributed by atoms with Gasteiger partial charge >= 0.3 is 0 Å². The van der Waals surface area contributed by atoms with Gasteiger partial charge in [-0.3, -0.25) is 4.31 Å². The highest BCUT2D eigenvalue weighted by Crippen LogP contribution is 2.27. The third-order valence-electron chi connectivity index (χ3n) is 4.61. The van der Waals surface area contributed by atoms with Crippen molar-refractivity contribution in [3.63, 3.8) is 0 Å². The van der Waals surface area contributed by atoms with Crippen LogP contribution >= 0.6 is 0 Å². The minimum atomic E-state index is -3.65. The van der Waals surface area contributed by atoms with Gasteiger partial charge in [-0.1, -0.05) is 0 Å². The van der Waals surface area contributed by atoms with Gasteiger partial charge in [-0.15, -0.1) is 0 Å². The van der Waals surface area contributed by atoms with Crippen molar-refractivity contribution in [2.24, 2.45) is 0 Å². The molecule has 0 aliphatic carbocycles. The maximum atomic E-state index is 12.5. The molecule has 25 heavy (non-hydrogen) atoms. The van der Waals surface area contributed by atoms with Gasteiger partial charge in [0.15, 0.2) is 0 Å². The number of benzene rings is 1. The number of hydrogen-bond donors (Lipinski definition) is 1. The van der Waals surface area contributed by atoms with Crippen LogP contribution in [0.4, 0.5) is 5.69 Å². The molecule has 0 spiro atoms. The van der Waals surface area contributed by atoms with Crippen LogP contribution in [0.5, 0.6) is 0 Å². The van der Waals surface area contributed by atoms with E-state index < -0.39 is 20.0 Å². The highest BCUT2D eigenvalue weighted by atomic mass is 32.2. The van der Waals surface area contributed by atoms with Crippen LogP contribution in [0, 0.1) is 6.92 Å². The van der Waals surface area contributed by atoms with Gasteiger partial charge in [0.2, 0.25) is 20.0 Å². The fraction of sp³-hybridized carbons (Fsp3) is 0.625. The molecular formula is C16H24N2O5S2. The lowest BCUT2D eigenvalue weighted by molar-refractivity contribution is 0.114. The molecule has 1 aromatic rings. The normalized spacial score (nSPS) is 23.7. The molecule has 7 nitrogen and oxygen atoms in total. The highest BCUT2D eigenvalue weighted by Gasteiger charge is 2.27. The topological polar surface area (TPSA) is 92.8 Å². The predicted octanol–water partition coefficient (Wildman–Crippen LogP) is 1.38. The summed E-state index contributed by atoms with van der Waals surface area (Å²) in [4.78, 5) is 0.170. The van der Waals surface area contributed by atoms with Crippen molar-refractivity contribution in [2.75, 3.05) is 29.8 Å². The van der Waals surface area contributed by atoms with Crippen molar-refractivity contribution >= 4 is 25.7 Å². The number of hydrogen-bond acceptors (Lipinski definition) is 5. The Kier molecular flexibility index (Phi) is 5.38. The molecule has 0 amide bonds. The molecule has 9 heteroatoms. The second kappa shape index (κ2) is 7.22. The van der Waals surface area contributed by atoms with Gasteiger partial charge in [0.1, 0.15) is 0 Å². The van der Waals surface area contributed by atoms with Crippen molar-refractivity contribution < 1.29 is 21.6 Å². The van der Waals surface area contributed by atoms with Crippen LogP contribution in [-0.4, -0.2) is 48.4 Å². The van der Waals surface area contributed by atoms with E-state index in [0.29, 0.717) is 30.8 Å². The summed E-state index contributed by atoms with van der Waals surface area (Å²) in [6.07, 6.45) is 3.20. The molecule has 1 atom stereocenters. The SMILES string of the molecule is Cc1cc(N2CCCCS2(=O)=O)ccc1S(=O)(=O)NCC1CCCO1. The minimum Gasteiger partial charge on any atom is -0.377 e. The van der Waals surface area contributed by atoms with Gasteiger partial charge < -0.3 is 4.74 Å². The summed E-state index contributed by atoms with van der Waals surface area (Å²) in [7, 11) is -6.96. The van der Waals surface area contributed by atoms with Crippen LogP contribution in [0.15, 0.2) is 23.1 Å². The Morgan fingerprint density at radius 3 is 2.72 bits per heavy atom. The van der Waals surface area contributed by atoms with Gasteiger partial charge in [-0.05, 0) is 56.4 Å². The number of rotatable bonds is 5. The highest BCUT2D eigenvalue weighted by molar-refractivity contribution is 7.92. The summed E-state index contributed by atoms with van der Waals surface area (Å²) in [6.45, 7) is 3.04. The van der Waals surface area contributed by atoms with Crippen LogP contribution in [0.1, 0.15) is 31.2 Å². The smallest absolute Gasteiger partial charge is 0.240 e. The van der Waals surface area contributed by atoms with Gasteiger partial charge in [0.25, 0.3) is 0 Å². The molecule has 1 unspecified atom stereocenters. The Balaban J connectivity index is 1.79. The van der Waals surface area contributed by atoms with E-state index in [1.807, 2.05) is 0 Å². The average molecular weight is 389 g/mol. The zero-order valence-electron chi connectivity index (χ0n) is 14.3. The first-order chi connectivity index (χ1) is 11.8. The first kappa shape index (κ1) is 18.6. The Bertz CT molecular complexity index is 830. The monoisotopic (exact) mass is 388 g/mol. The Morgan fingerprint density at radius 2 is 2.08 bits per heavy atom. The van der Waals surface area contributed by atoms with Crippen LogP contribution in [0.25, 0.3) is 0 Å². The molecular weight excluding hydrogens is 364 g/mol. The fourth-order valence-electron chi connectivity index (χ4n) is 3.25. The zero-order valence-corrected chi connectivity index (χ0v) is 15.9.